The third kappa shape index (κ3) is 9.42. The average Bonchev–Trinajstić information content (AvgIpc) is 2.65. The van der Waals surface area contributed by atoms with Crippen molar-refractivity contribution in [3.05, 3.63) is 35.4 Å². The lowest BCUT2D eigenvalue weighted by molar-refractivity contribution is -0.143. The first-order valence-corrected chi connectivity index (χ1v) is 11.5. The Morgan fingerprint density at radius 3 is 2.15 bits per heavy atom. The van der Waals surface area contributed by atoms with Crippen molar-refractivity contribution < 1.29 is 24.2 Å². The lowest BCUT2D eigenvalue weighted by atomic mass is 9.96. The quantitative estimate of drug-likeness (QED) is 0.493. The van der Waals surface area contributed by atoms with E-state index in [1.165, 1.54) is 4.90 Å². The molecular formula is C25H41N3O5. The molecule has 0 fully saturated rings. The van der Waals surface area contributed by atoms with Gasteiger partial charge in [0.25, 0.3) is 0 Å². The number of aliphatic hydroxyl groups excluding tert-OH is 1. The van der Waals surface area contributed by atoms with E-state index in [9.17, 15) is 19.5 Å². The fraction of sp³-hybridized carbons (Fsp3) is 0.640. The number of hydrogen-bond acceptors (Lipinski definition) is 5. The molecule has 0 saturated heterocycles. The van der Waals surface area contributed by atoms with Crippen molar-refractivity contribution in [1.82, 2.24) is 15.5 Å². The van der Waals surface area contributed by atoms with Gasteiger partial charge in [0.05, 0.1) is 6.61 Å². The lowest BCUT2D eigenvalue weighted by Gasteiger charge is -2.35. The molecule has 1 rings (SSSR count). The number of amides is 3. The number of benzene rings is 1. The molecule has 2 unspecified atom stereocenters. The molecule has 0 saturated carbocycles. The average molecular weight is 464 g/mol. The number of aliphatic hydroxyl groups is 1. The van der Waals surface area contributed by atoms with Crippen LogP contribution in [0, 0.1) is 12.8 Å². The first kappa shape index (κ1) is 28.4. The number of carbonyl (C=O) groups excluding carboxylic acids is 3. The van der Waals surface area contributed by atoms with Crippen molar-refractivity contribution in [3.63, 3.8) is 0 Å². The summed E-state index contributed by atoms with van der Waals surface area (Å²) in [6.45, 7) is 14.3. The molecule has 2 atom stereocenters. The van der Waals surface area contributed by atoms with Crippen molar-refractivity contribution >= 4 is 17.9 Å². The van der Waals surface area contributed by atoms with Crippen LogP contribution in [0.3, 0.4) is 0 Å². The van der Waals surface area contributed by atoms with Crippen molar-refractivity contribution in [1.29, 1.82) is 0 Å². The maximum atomic E-state index is 13.8. The van der Waals surface area contributed by atoms with Crippen molar-refractivity contribution in [2.24, 2.45) is 5.92 Å². The van der Waals surface area contributed by atoms with Gasteiger partial charge in [0.2, 0.25) is 11.8 Å². The van der Waals surface area contributed by atoms with E-state index < -0.39 is 29.7 Å². The summed E-state index contributed by atoms with van der Waals surface area (Å²) in [5, 5.41) is 15.3. The molecule has 0 bridgehead atoms. The molecule has 33 heavy (non-hydrogen) atoms. The molecular weight excluding hydrogens is 422 g/mol. The Kier molecular flexibility index (Phi) is 10.8. The third-order valence-corrected chi connectivity index (χ3v) is 4.79. The fourth-order valence-corrected chi connectivity index (χ4v) is 3.52. The van der Waals surface area contributed by atoms with Crippen LogP contribution in [0.4, 0.5) is 4.79 Å². The van der Waals surface area contributed by atoms with Crippen LogP contribution in [0.1, 0.15) is 72.1 Å². The Bertz CT molecular complexity index is 801. The Morgan fingerprint density at radius 1 is 1.06 bits per heavy atom. The van der Waals surface area contributed by atoms with Gasteiger partial charge in [-0.25, -0.2) is 4.79 Å². The maximum Gasteiger partial charge on any atom is 0.408 e. The van der Waals surface area contributed by atoms with E-state index in [1.54, 1.807) is 26.8 Å². The second-order valence-electron chi connectivity index (χ2n) is 10.0. The summed E-state index contributed by atoms with van der Waals surface area (Å²) in [6, 6.07) is 5.34. The van der Waals surface area contributed by atoms with E-state index in [2.05, 4.69) is 10.6 Å². The molecule has 0 spiro atoms. The van der Waals surface area contributed by atoms with Crippen molar-refractivity contribution in [3.8, 4) is 0 Å². The minimum atomic E-state index is -0.955. The van der Waals surface area contributed by atoms with E-state index in [4.69, 9.17) is 4.74 Å². The highest BCUT2D eigenvalue weighted by Gasteiger charge is 2.37. The normalized spacial score (nSPS) is 13.4. The molecule has 8 nitrogen and oxygen atoms in total. The Labute approximate surface area is 198 Å². The van der Waals surface area contributed by atoms with E-state index >= 15 is 0 Å². The van der Waals surface area contributed by atoms with Gasteiger partial charge in [0.15, 0.2) is 0 Å². The zero-order chi connectivity index (χ0) is 25.3. The molecule has 0 aliphatic heterocycles. The van der Waals surface area contributed by atoms with Crippen LogP contribution in [0.2, 0.25) is 0 Å². The molecule has 0 heterocycles. The van der Waals surface area contributed by atoms with Crippen molar-refractivity contribution in [2.45, 2.75) is 85.5 Å². The minimum absolute atomic E-state index is 0.0616. The van der Waals surface area contributed by atoms with Gasteiger partial charge >= 0.3 is 6.09 Å². The summed E-state index contributed by atoms with van der Waals surface area (Å²) in [4.78, 5) is 40.9. The van der Waals surface area contributed by atoms with Gasteiger partial charge in [-0.1, -0.05) is 38.1 Å². The van der Waals surface area contributed by atoms with E-state index in [0.717, 1.165) is 5.56 Å². The lowest BCUT2D eigenvalue weighted by Crippen LogP contribution is -2.54. The Hall–Kier alpha value is -2.61. The summed E-state index contributed by atoms with van der Waals surface area (Å²) in [5.74, 6) is -0.705. The highest BCUT2D eigenvalue weighted by molar-refractivity contribution is 5.92. The molecule has 3 N–H and O–H groups in total. The highest BCUT2D eigenvalue weighted by Crippen LogP contribution is 2.26. The first-order chi connectivity index (χ1) is 15.3. The molecule has 3 amide bonds. The zero-order valence-corrected chi connectivity index (χ0v) is 21.3. The molecule has 0 aliphatic carbocycles. The van der Waals surface area contributed by atoms with Gasteiger partial charge in [-0.05, 0) is 65.0 Å². The summed E-state index contributed by atoms with van der Waals surface area (Å²) >= 11 is 0. The molecule has 0 aromatic heterocycles. The van der Waals surface area contributed by atoms with Crippen LogP contribution in [0.15, 0.2) is 24.3 Å². The second-order valence-corrected chi connectivity index (χ2v) is 10.0. The summed E-state index contributed by atoms with van der Waals surface area (Å²) in [6.07, 6.45) is -0.351. The number of alkyl carbamates (subject to hydrolysis) is 1. The van der Waals surface area contributed by atoms with Gasteiger partial charge < -0.3 is 25.4 Å². The number of carbonyl (C=O) groups is 3. The van der Waals surface area contributed by atoms with E-state index in [-0.39, 0.29) is 31.0 Å². The van der Waals surface area contributed by atoms with Crippen LogP contribution in [0.5, 0.6) is 0 Å². The summed E-state index contributed by atoms with van der Waals surface area (Å²) in [7, 11) is 0. The van der Waals surface area contributed by atoms with Crippen LogP contribution >= 0.6 is 0 Å². The molecule has 1 aromatic rings. The van der Waals surface area contributed by atoms with Crippen LogP contribution in [0.25, 0.3) is 0 Å². The number of ether oxygens (including phenoxy) is 1. The first-order valence-electron chi connectivity index (χ1n) is 11.5. The predicted molar refractivity (Wildman–Crippen MR) is 129 cm³/mol. The molecule has 0 radical (unpaired) electrons. The Balaban J connectivity index is 3.42. The van der Waals surface area contributed by atoms with E-state index in [1.807, 2.05) is 52.8 Å². The monoisotopic (exact) mass is 463 g/mol. The predicted octanol–water partition coefficient (Wildman–Crippen LogP) is 3.32. The van der Waals surface area contributed by atoms with Crippen LogP contribution in [-0.4, -0.2) is 58.8 Å². The number of nitrogens with zero attached hydrogens (tertiary/aromatic N) is 1. The second kappa shape index (κ2) is 12.6. The maximum absolute atomic E-state index is 13.8. The van der Waals surface area contributed by atoms with Crippen LogP contribution < -0.4 is 10.6 Å². The van der Waals surface area contributed by atoms with Gasteiger partial charge in [-0.15, -0.1) is 0 Å². The number of hydrogen-bond donors (Lipinski definition) is 3. The number of aryl methyl sites for hydroxylation is 1. The van der Waals surface area contributed by atoms with Crippen LogP contribution in [-0.2, 0) is 14.3 Å². The smallest absolute Gasteiger partial charge is 0.408 e. The standard InChI is InChI=1S/C25H41N3O5/c1-16(2)15-20(27-24(32)33-25(6,7)8)23(31)28(13-14-29)21(22(30)26-17(3)4)19-12-10-9-11-18(19)5/h9-12,16-17,20-21,29H,13-15H2,1-8H3,(H,26,30)(H,27,32). The number of nitrogens with one attached hydrogen (secondary N) is 2. The van der Waals surface area contributed by atoms with Gasteiger partial charge in [0, 0.05) is 12.6 Å². The molecule has 0 aliphatic rings. The van der Waals surface area contributed by atoms with Gasteiger partial charge in [-0.2, -0.15) is 0 Å². The summed E-state index contributed by atoms with van der Waals surface area (Å²) in [5.41, 5.74) is 0.789. The number of rotatable bonds is 10. The summed E-state index contributed by atoms with van der Waals surface area (Å²) < 4.78 is 5.35. The van der Waals surface area contributed by atoms with Gasteiger partial charge in [-0.3, -0.25) is 9.59 Å². The molecule has 186 valence electrons. The topological polar surface area (TPSA) is 108 Å². The highest BCUT2D eigenvalue weighted by atomic mass is 16.6. The zero-order valence-electron chi connectivity index (χ0n) is 21.3. The molecule has 8 heteroatoms. The third-order valence-electron chi connectivity index (χ3n) is 4.79. The minimum Gasteiger partial charge on any atom is -0.444 e. The van der Waals surface area contributed by atoms with Gasteiger partial charge in [0.1, 0.15) is 17.7 Å². The SMILES string of the molecule is Cc1ccccc1C(C(=O)NC(C)C)N(CCO)C(=O)C(CC(C)C)NC(=O)OC(C)(C)C. The largest absolute Gasteiger partial charge is 0.444 e. The Morgan fingerprint density at radius 2 is 1.67 bits per heavy atom. The fourth-order valence-electron chi connectivity index (χ4n) is 3.52. The molecule has 1 aromatic carbocycles. The van der Waals surface area contributed by atoms with Crippen molar-refractivity contribution in [2.75, 3.05) is 13.2 Å². The van der Waals surface area contributed by atoms with E-state index in [0.29, 0.717) is 12.0 Å².